The smallest absolute Gasteiger partial charge is 0.0408 e. The fraction of sp³-hybridized carbons (Fsp3) is 0.600. The van der Waals surface area contributed by atoms with Gasteiger partial charge in [0.15, 0.2) is 0 Å². The molecule has 0 N–H and O–H groups in total. The summed E-state index contributed by atoms with van der Waals surface area (Å²) in [4.78, 5) is 2.54. The van der Waals surface area contributed by atoms with Gasteiger partial charge in [0.1, 0.15) is 0 Å². The zero-order valence-electron chi connectivity index (χ0n) is 11.2. The van der Waals surface area contributed by atoms with Gasteiger partial charge in [0.25, 0.3) is 0 Å². The molecule has 0 unspecified atom stereocenters. The number of anilines is 1. The lowest BCUT2D eigenvalue weighted by molar-refractivity contribution is 0.402. The number of benzene rings is 1. The van der Waals surface area contributed by atoms with Crippen LogP contribution in [0.1, 0.15) is 46.6 Å². The average Bonchev–Trinajstić information content (AvgIpc) is 2.16. The SMILES string of the molecule is CC1(C)CCN(C(C)(C)C)c2ccccc21. The van der Waals surface area contributed by atoms with Crippen molar-refractivity contribution in [2.24, 2.45) is 0 Å². The van der Waals surface area contributed by atoms with Gasteiger partial charge in [-0.15, -0.1) is 0 Å². The Kier molecular flexibility index (Phi) is 2.52. The van der Waals surface area contributed by atoms with Crippen molar-refractivity contribution in [1.82, 2.24) is 0 Å². The minimum atomic E-state index is 0.215. The number of rotatable bonds is 0. The van der Waals surface area contributed by atoms with Gasteiger partial charge in [-0.25, -0.2) is 0 Å². The highest BCUT2D eigenvalue weighted by molar-refractivity contribution is 5.60. The molecular weight excluding hydrogens is 194 g/mol. The van der Waals surface area contributed by atoms with E-state index in [1.807, 2.05) is 0 Å². The first-order valence-corrected chi connectivity index (χ1v) is 6.19. The van der Waals surface area contributed by atoms with Crippen LogP contribution < -0.4 is 4.90 Å². The molecule has 1 heterocycles. The summed E-state index contributed by atoms with van der Waals surface area (Å²) in [6, 6.07) is 8.86. The Morgan fingerprint density at radius 1 is 1.12 bits per heavy atom. The quantitative estimate of drug-likeness (QED) is 0.635. The van der Waals surface area contributed by atoms with Gasteiger partial charge < -0.3 is 4.90 Å². The van der Waals surface area contributed by atoms with Gasteiger partial charge in [0, 0.05) is 17.8 Å². The fourth-order valence-electron chi connectivity index (χ4n) is 2.62. The van der Waals surface area contributed by atoms with Crippen molar-refractivity contribution in [3.63, 3.8) is 0 Å². The van der Waals surface area contributed by atoms with Crippen LogP contribution in [0, 0.1) is 0 Å². The first kappa shape index (κ1) is 11.5. The van der Waals surface area contributed by atoms with E-state index in [0.29, 0.717) is 5.41 Å². The molecule has 0 aromatic heterocycles. The van der Waals surface area contributed by atoms with Gasteiger partial charge in [-0.1, -0.05) is 32.0 Å². The third-order valence-corrected chi connectivity index (χ3v) is 3.69. The second-order valence-electron chi connectivity index (χ2n) is 6.47. The summed E-state index contributed by atoms with van der Waals surface area (Å²) >= 11 is 0. The van der Waals surface area contributed by atoms with Gasteiger partial charge in [-0.2, -0.15) is 0 Å². The third-order valence-electron chi connectivity index (χ3n) is 3.69. The fourth-order valence-corrected chi connectivity index (χ4v) is 2.62. The minimum absolute atomic E-state index is 0.215. The van der Waals surface area contributed by atoms with Crippen molar-refractivity contribution < 1.29 is 0 Å². The molecule has 0 aliphatic carbocycles. The Labute approximate surface area is 99.5 Å². The van der Waals surface area contributed by atoms with Gasteiger partial charge in [-0.3, -0.25) is 0 Å². The molecule has 0 fully saturated rings. The molecule has 0 atom stereocenters. The Bertz CT molecular complexity index is 385. The van der Waals surface area contributed by atoms with Crippen molar-refractivity contribution in [3.8, 4) is 0 Å². The molecule has 0 saturated heterocycles. The van der Waals surface area contributed by atoms with Crippen LogP contribution >= 0.6 is 0 Å². The summed E-state index contributed by atoms with van der Waals surface area (Å²) in [5.41, 5.74) is 3.45. The highest BCUT2D eigenvalue weighted by Crippen LogP contribution is 2.41. The van der Waals surface area contributed by atoms with E-state index < -0.39 is 0 Å². The molecule has 1 aromatic rings. The van der Waals surface area contributed by atoms with E-state index in [4.69, 9.17) is 0 Å². The molecule has 1 aliphatic heterocycles. The van der Waals surface area contributed by atoms with E-state index in [1.165, 1.54) is 17.7 Å². The predicted molar refractivity (Wildman–Crippen MR) is 71.2 cm³/mol. The van der Waals surface area contributed by atoms with Crippen molar-refractivity contribution in [2.75, 3.05) is 11.4 Å². The lowest BCUT2D eigenvalue weighted by Gasteiger charge is -2.46. The van der Waals surface area contributed by atoms with Crippen molar-refractivity contribution >= 4 is 5.69 Å². The lowest BCUT2D eigenvalue weighted by atomic mass is 9.76. The number of para-hydroxylation sites is 1. The van der Waals surface area contributed by atoms with Gasteiger partial charge in [0.2, 0.25) is 0 Å². The summed E-state index contributed by atoms with van der Waals surface area (Å²) in [6.07, 6.45) is 1.24. The summed E-state index contributed by atoms with van der Waals surface area (Å²) in [5.74, 6) is 0. The van der Waals surface area contributed by atoms with Crippen molar-refractivity contribution in [2.45, 2.75) is 52.0 Å². The topological polar surface area (TPSA) is 3.24 Å². The van der Waals surface area contributed by atoms with Gasteiger partial charge in [-0.05, 0) is 44.2 Å². The van der Waals surface area contributed by atoms with Crippen LogP contribution in [0.15, 0.2) is 24.3 Å². The molecule has 1 aromatic carbocycles. The number of nitrogens with zero attached hydrogens (tertiary/aromatic N) is 1. The molecule has 16 heavy (non-hydrogen) atoms. The third kappa shape index (κ3) is 1.83. The monoisotopic (exact) mass is 217 g/mol. The second-order valence-corrected chi connectivity index (χ2v) is 6.47. The normalized spacial score (nSPS) is 19.4. The van der Waals surface area contributed by atoms with Crippen LogP contribution in [0.25, 0.3) is 0 Å². The van der Waals surface area contributed by atoms with Crippen molar-refractivity contribution in [3.05, 3.63) is 29.8 Å². The van der Waals surface area contributed by atoms with Gasteiger partial charge in [0.05, 0.1) is 0 Å². The Morgan fingerprint density at radius 2 is 1.75 bits per heavy atom. The molecule has 88 valence electrons. The van der Waals surface area contributed by atoms with Gasteiger partial charge >= 0.3 is 0 Å². The maximum Gasteiger partial charge on any atom is 0.0408 e. The van der Waals surface area contributed by atoms with Crippen LogP contribution in [0.4, 0.5) is 5.69 Å². The Morgan fingerprint density at radius 3 is 2.38 bits per heavy atom. The molecule has 0 radical (unpaired) electrons. The maximum atomic E-state index is 2.54. The van der Waals surface area contributed by atoms with E-state index in [-0.39, 0.29) is 5.54 Å². The van der Waals surface area contributed by atoms with E-state index in [1.54, 1.807) is 0 Å². The van der Waals surface area contributed by atoms with E-state index >= 15 is 0 Å². The largest absolute Gasteiger partial charge is 0.366 e. The molecule has 1 nitrogen and oxygen atoms in total. The summed E-state index contributed by atoms with van der Waals surface area (Å²) in [5, 5.41) is 0. The van der Waals surface area contributed by atoms with Crippen LogP contribution in [-0.2, 0) is 5.41 Å². The molecule has 0 amide bonds. The Balaban J connectivity index is 2.52. The van der Waals surface area contributed by atoms with Crippen LogP contribution in [0.5, 0.6) is 0 Å². The zero-order valence-corrected chi connectivity index (χ0v) is 11.2. The number of hydrogen-bond donors (Lipinski definition) is 0. The van der Waals surface area contributed by atoms with E-state index in [0.717, 1.165) is 6.54 Å². The highest BCUT2D eigenvalue weighted by Gasteiger charge is 2.34. The standard InChI is InChI=1S/C15H23N/c1-14(2,3)16-11-10-15(4,5)12-8-6-7-9-13(12)16/h6-9H,10-11H2,1-5H3. The molecule has 0 bridgehead atoms. The highest BCUT2D eigenvalue weighted by atomic mass is 15.2. The van der Waals surface area contributed by atoms with E-state index in [9.17, 15) is 0 Å². The molecule has 1 heteroatoms. The maximum absolute atomic E-state index is 2.54. The summed E-state index contributed by atoms with van der Waals surface area (Å²) < 4.78 is 0. The zero-order chi connectivity index (χ0) is 12.0. The van der Waals surface area contributed by atoms with Crippen molar-refractivity contribution in [1.29, 1.82) is 0 Å². The summed E-state index contributed by atoms with van der Waals surface area (Å²) in [7, 11) is 0. The van der Waals surface area contributed by atoms with Crippen LogP contribution in [-0.4, -0.2) is 12.1 Å². The number of fused-ring (bicyclic) bond motifs is 1. The molecule has 0 spiro atoms. The first-order valence-electron chi connectivity index (χ1n) is 6.19. The molecule has 0 saturated carbocycles. The summed E-state index contributed by atoms with van der Waals surface area (Å²) in [6.45, 7) is 12.7. The van der Waals surface area contributed by atoms with E-state index in [2.05, 4.69) is 63.8 Å². The minimum Gasteiger partial charge on any atom is -0.366 e. The van der Waals surface area contributed by atoms with Crippen LogP contribution in [0.3, 0.4) is 0 Å². The van der Waals surface area contributed by atoms with Crippen LogP contribution in [0.2, 0.25) is 0 Å². The Hall–Kier alpha value is -0.980. The molecular formula is C15H23N. The molecule has 2 rings (SSSR count). The first-order chi connectivity index (χ1) is 7.32. The lowest BCUT2D eigenvalue weighted by Crippen LogP contribution is -2.47. The predicted octanol–water partition coefficient (Wildman–Crippen LogP) is 3.97. The number of hydrogen-bond acceptors (Lipinski definition) is 1. The second kappa shape index (κ2) is 3.51. The average molecular weight is 217 g/mol. The molecule has 1 aliphatic rings.